The fourth-order valence-electron chi connectivity index (χ4n) is 1.45. The van der Waals surface area contributed by atoms with E-state index in [1.165, 1.54) is 6.07 Å². The quantitative estimate of drug-likeness (QED) is 0.740. The average Bonchev–Trinajstić information content (AvgIpc) is 2.34. The van der Waals surface area contributed by atoms with Crippen LogP contribution in [0.2, 0.25) is 0 Å². The molecule has 19 heavy (non-hydrogen) atoms. The highest BCUT2D eigenvalue weighted by Crippen LogP contribution is 2.29. The predicted molar refractivity (Wildman–Crippen MR) is 76.9 cm³/mol. The summed E-state index contributed by atoms with van der Waals surface area (Å²) in [5, 5.41) is 9.06. The number of ether oxygens (including phenoxy) is 2. The van der Waals surface area contributed by atoms with Crippen molar-refractivity contribution in [3.05, 3.63) is 28.2 Å². The highest BCUT2D eigenvalue weighted by Gasteiger charge is 2.13. The number of carboxylic acid groups (broad SMARTS) is 1. The molecule has 0 saturated heterocycles. The van der Waals surface area contributed by atoms with Crippen LogP contribution in [0.15, 0.2) is 22.7 Å². The first-order valence-corrected chi connectivity index (χ1v) is 7.04. The number of hydrogen-bond donors (Lipinski definition) is 1. The van der Waals surface area contributed by atoms with Crippen molar-refractivity contribution in [1.82, 2.24) is 0 Å². The van der Waals surface area contributed by atoms with Crippen molar-refractivity contribution in [1.29, 1.82) is 0 Å². The third-order valence-corrected chi connectivity index (χ3v) is 3.14. The van der Waals surface area contributed by atoms with Gasteiger partial charge in [0.05, 0.1) is 11.1 Å². The molecule has 1 aromatic carbocycles. The van der Waals surface area contributed by atoms with Crippen LogP contribution in [0, 0.1) is 5.92 Å². The van der Waals surface area contributed by atoms with Gasteiger partial charge in [-0.05, 0) is 40.4 Å². The Morgan fingerprint density at radius 3 is 2.68 bits per heavy atom. The van der Waals surface area contributed by atoms with E-state index in [0.29, 0.717) is 36.0 Å². The van der Waals surface area contributed by atoms with Gasteiger partial charge in [0.25, 0.3) is 0 Å². The number of para-hydroxylation sites is 1. The molecule has 0 aliphatic carbocycles. The summed E-state index contributed by atoms with van der Waals surface area (Å²) in [6, 6.07) is 4.93. The molecule has 4 nitrogen and oxygen atoms in total. The van der Waals surface area contributed by atoms with Crippen LogP contribution in [-0.4, -0.2) is 30.9 Å². The summed E-state index contributed by atoms with van der Waals surface area (Å²) in [5.74, 6) is -0.0396. The first kappa shape index (κ1) is 16.0. The molecule has 0 unspecified atom stereocenters. The van der Waals surface area contributed by atoms with Crippen LogP contribution in [0.4, 0.5) is 0 Å². The fraction of sp³-hybridized carbons (Fsp3) is 0.500. The van der Waals surface area contributed by atoms with Gasteiger partial charge in [-0.3, -0.25) is 0 Å². The fourth-order valence-corrected chi connectivity index (χ4v) is 1.93. The van der Waals surface area contributed by atoms with Crippen molar-refractivity contribution >= 4 is 21.9 Å². The Bertz CT molecular complexity index is 418. The third kappa shape index (κ3) is 5.61. The maximum absolute atomic E-state index is 11.1. The number of benzene rings is 1. The summed E-state index contributed by atoms with van der Waals surface area (Å²) >= 11 is 3.29. The second kappa shape index (κ2) is 8.17. The minimum Gasteiger partial charge on any atom is -0.489 e. The summed E-state index contributed by atoms with van der Waals surface area (Å²) < 4.78 is 11.5. The van der Waals surface area contributed by atoms with E-state index >= 15 is 0 Å². The molecule has 1 aromatic rings. The van der Waals surface area contributed by atoms with Crippen molar-refractivity contribution in [2.24, 2.45) is 5.92 Å². The van der Waals surface area contributed by atoms with Crippen molar-refractivity contribution in [2.45, 2.75) is 20.3 Å². The molecule has 0 bridgehead atoms. The third-order valence-electron chi connectivity index (χ3n) is 2.51. The van der Waals surface area contributed by atoms with Crippen LogP contribution in [-0.2, 0) is 4.74 Å². The molecule has 0 amide bonds. The van der Waals surface area contributed by atoms with Gasteiger partial charge in [-0.1, -0.05) is 19.9 Å². The van der Waals surface area contributed by atoms with E-state index in [2.05, 4.69) is 29.8 Å². The zero-order valence-electron chi connectivity index (χ0n) is 11.2. The zero-order valence-corrected chi connectivity index (χ0v) is 12.8. The Labute approximate surface area is 121 Å². The molecular formula is C14H19BrO4. The van der Waals surface area contributed by atoms with Crippen molar-refractivity contribution in [3.8, 4) is 5.75 Å². The lowest BCUT2D eigenvalue weighted by Gasteiger charge is -2.11. The Kier molecular flexibility index (Phi) is 6.87. The number of rotatable bonds is 8. The summed E-state index contributed by atoms with van der Waals surface area (Å²) in [6.07, 6.45) is 1.01. The van der Waals surface area contributed by atoms with Gasteiger partial charge in [0, 0.05) is 6.61 Å². The first-order valence-electron chi connectivity index (χ1n) is 6.24. The normalized spacial score (nSPS) is 10.7. The lowest BCUT2D eigenvalue weighted by Crippen LogP contribution is -2.11. The molecule has 0 aromatic heterocycles. The van der Waals surface area contributed by atoms with Crippen LogP contribution >= 0.6 is 15.9 Å². The number of aromatic carboxylic acids is 1. The average molecular weight is 331 g/mol. The minimum atomic E-state index is -1.00. The second-order valence-corrected chi connectivity index (χ2v) is 5.42. The van der Waals surface area contributed by atoms with Crippen molar-refractivity contribution in [3.63, 3.8) is 0 Å². The van der Waals surface area contributed by atoms with Gasteiger partial charge in [-0.15, -0.1) is 0 Å². The van der Waals surface area contributed by atoms with E-state index in [9.17, 15) is 4.79 Å². The van der Waals surface area contributed by atoms with Gasteiger partial charge in [-0.2, -0.15) is 0 Å². The Morgan fingerprint density at radius 1 is 1.32 bits per heavy atom. The number of carboxylic acids is 1. The van der Waals surface area contributed by atoms with E-state index in [1.807, 2.05) is 0 Å². The lowest BCUT2D eigenvalue weighted by molar-refractivity contribution is 0.0682. The molecule has 1 N–H and O–H groups in total. The predicted octanol–water partition coefficient (Wildman–Crippen LogP) is 3.59. The van der Waals surface area contributed by atoms with Gasteiger partial charge >= 0.3 is 5.97 Å². The largest absolute Gasteiger partial charge is 0.489 e. The summed E-state index contributed by atoms with van der Waals surface area (Å²) in [6.45, 7) is 5.76. The van der Waals surface area contributed by atoms with Gasteiger partial charge in [0.15, 0.2) is 0 Å². The van der Waals surface area contributed by atoms with Crippen molar-refractivity contribution in [2.75, 3.05) is 19.8 Å². The molecule has 0 radical (unpaired) electrons. The molecule has 0 atom stereocenters. The van der Waals surface area contributed by atoms with E-state index in [1.54, 1.807) is 12.1 Å². The van der Waals surface area contributed by atoms with Crippen molar-refractivity contribution < 1.29 is 19.4 Å². The summed E-state index contributed by atoms with van der Waals surface area (Å²) in [4.78, 5) is 11.1. The molecule has 0 saturated carbocycles. The van der Waals surface area contributed by atoms with Gasteiger partial charge in [0.2, 0.25) is 0 Å². The van der Waals surface area contributed by atoms with Gasteiger partial charge in [0.1, 0.15) is 17.9 Å². The summed E-state index contributed by atoms with van der Waals surface area (Å²) in [5.41, 5.74) is 0.150. The number of halogens is 1. The van der Waals surface area contributed by atoms with Gasteiger partial charge in [-0.25, -0.2) is 4.79 Å². The molecule has 5 heteroatoms. The molecule has 0 aliphatic heterocycles. The monoisotopic (exact) mass is 330 g/mol. The number of hydrogen-bond acceptors (Lipinski definition) is 3. The van der Waals surface area contributed by atoms with Crippen LogP contribution in [0.3, 0.4) is 0 Å². The standard InChI is InChI=1S/C14H19BrO4/c1-10(2)6-7-18-8-9-19-13-11(14(16)17)4-3-5-12(13)15/h3-5,10H,6-9H2,1-2H3,(H,16,17). The zero-order chi connectivity index (χ0) is 14.3. The Hall–Kier alpha value is -1.07. The highest BCUT2D eigenvalue weighted by molar-refractivity contribution is 9.10. The highest BCUT2D eigenvalue weighted by atomic mass is 79.9. The molecule has 0 heterocycles. The Balaban J connectivity index is 2.43. The first-order chi connectivity index (χ1) is 9.02. The van der Waals surface area contributed by atoms with Crippen LogP contribution in [0.25, 0.3) is 0 Å². The minimum absolute atomic E-state index is 0.150. The number of carbonyl (C=O) groups is 1. The molecule has 0 spiro atoms. The molecular weight excluding hydrogens is 312 g/mol. The maximum Gasteiger partial charge on any atom is 0.339 e. The van der Waals surface area contributed by atoms with Gasteiger partial charge < -0.3 is 14.6 Å². The molecule has 0 aliphatic rings. The second-order valence-electron chi connectivity index (χ2n) is 4.57. The Morgan fingerprint density at radius 2 is 2.05 bits per heavy atom. The van der Waals surface area contributed by atoms with Crippen LogP contribution in [0.5, 0.6) is 5.75 Å². The molecule has 1 rings (SSSR count). The maximum atomic E-state index is 11.1. The van der Waals surface area contributed by atoms with E-state index in [4.69, 9.17) is 14.6 Å². The van der Waals surface area contributed by atoms with Crippen LogP contribution < -0.4 is 4.74 Å². The lowest BCUT2D eigenvalue weighted by atomic mass is 10.1. The summed E-state index contributed by atoms with van der Waals surface area (Å²) in [7, 11) is 0. The van der Waals surface area contributed by atoms with E-state index in [0.717, 1.165) is 6.42 Å². The van der Waals surface area contributed by atoms with E-state index < -0.39 is 5.97 Å². The van der Waals surface area contributed by atoms with E-state index in [-0.39, 0.29) is 5.56 Å². The molecule has 106 valence electrons. The smallest absolute Gasteiger partial charge is 0.339 e. The molecule has 0 fully saturated rings. The topological polar surface area (TPSA) is 55.8 Å². The SMILES string of the molecule is CC(C)CCOCCOc1c(Br)cccc1C(=O)O. The van der Waals surface area contributed by atoms with Crippen LogP contribution in [0.1, 0.15) is 30.6 Å².